The van der Waals surface area contributed by atoms with Crippen LogP contribution in [0.15, 0.2) is 43.0 Å². The van der Waals surface area contributed by atoms with Crippen LogP contribution in [0.4, 0.5) is 11.4 Å². The minimum atomic E-state index is -0.296. The summed E-state index contributed by atoms with van der Waals surface area (Å²) in [6, 6.07) is 5.06. The molecule has 0 aliphatic heterocycles. The van der Waals surface area contributed by atoms with E-state index in [0.717, 1.165) is 0 Å². The van der Waals surface area contributed by atoms with Gasteiger partial charge in [-0.25, -0.2) is 4.52 Å². The van der Waals surface area contributed by atoms with Gasteiger partial charge < -0.3 is 15.8 Å². The second kappa shape index (κ2) is 5.12. The van der Waals surface area contributed by atoms with Gasteiger partial charge in [-0.05, 0) is 12.1 Å². The zero-order valence-electron chi connectivity index (χ0n) is 11.3. The van der Waals surface area contributed by atoms with Crippen molar-refractivity contribution < 1.29 is 9.53 Å². The number of rotatable bonds is 3. The van der Waals surface area contributed by atoms with Gasteiger partial charge in [-0.3, -0.25) is 9.78 Å². The average Bonchev–Trinajstić information content (AvgIpc) is 2.93. The molecule has 21 heavy (non-hydrogen) atoms. The third-order valence-electron chi connectivity index (χ3n) is 3.08. The van der Waals surface area contributed by atoms with E-state index in [2.05, 4.69) is 15.4 Å². The lowest BCUT2D eigenvalue weighted by Gasteiger charge is -2.09. The van der Waals surface area contributed by atoms with E-state index in [0.29, 0.717) is 28.2 Å². The molecule has 0 aliphatic rings. The maximum atomic E-state index is 12.3. The highest BCUT2D eigenvalue weighted by molar-refractivity contribution is 6.09. The Morgan fingerprint density at radius 3 is 3.00 bits per heavy atom. The number of anilines is 2. The number of amides is 1. The summed E-state index contributed by atoms with van der Waals surface area (Å²) in [7, 11) is 1.55. The Labute approximate surface area is 120 Å². The smallest absolute Gasteiger partial charge is 0.259 e. The zero-order valence-corrected chi connectivity index (χ0v) is 11.3. The van der Waals surface area contributed by atoms with Crippen molar-refractivity contribution >= 4 is 22.8 Å². The van der Waals surface area contributed by atoms with E-state index in [1.807, 2.05) is 0 Å². The lowest BCUT2D eigenvalue weighted by atomic mass is 10.2. The zero-order chi connectivity index (χ0) is 14.8. The fourth-order valence-electron chi connectivity index (χ4n) is 1.98. The monoisotopic (exact) mass is 283 g/mol. The van der Waals surface area contributed by atoms with Gasteiger partial charge >= 0.3 is 0 Å². The van der Waals surface area contributed by atoms with E-state index < -0.39 is 0 Å². The molecule has 106 valence electrons. The number of nitrogens with two attached hydrogens (primary N) is 1. The predicted molar refractivity (Wildman–Crippen MR) is 78.3 cm³/mol. The summed E-state index contributed by atoms with van der Waals surface area (Å²) in [5.41, 5.74) is 7.88. The molecule has 0 saturated heterocycles. The molecule has 0 radical (unpaired) electrons. The van der Waals surface area contributed by atoms with Crippen LogP contribution in [0.2, 0.25) is 0 Å². The highest BCUT2D eigenvalue weighted by Gasteiger charge is 2.14. The van der Waals surface area contributed by atoms with Crippen LogP contribution in [0.25, 0.3) is 5.52 Å². The number of carbonyl (C=O) groups excluding carboxylic acids is 1. The summed E-state index contributed by atoms with van der Waals surface area (Å²) in [5.74, 6) is 0.334. The Kier molecular flexibility index (Phi) is 3.15. The molecular weight excluding hydrogens is 270 g/mol. The largest absolute Gasteiger partial charge is 0.497 e. The molecule has 3 rings (SSSR count). The molecule has 0 aliphatic carbocycles. The first kappa shape index (κ1) is 12.9. The van der Waals surface area contributed by atoms with Gasteiger partial charge in [0.2, 0.25) is 0 Å². The summed E-state index contributed by atoms with van der Waals surface area (Å²) in [6.45, 7) is 0. The number of hydrogen-bond acceptors (Lipinski definition) is 5. The van der Waals surface area contributed by atoms with Crippen LogP contribution in [0.1, 0.15) is 10.4 Å². The van der Waals surface area contributed by atoms with Crippen molar-refractivity contribution in [3.63, 3.8) is 0 Å². The van der Waals surface area contributed by atoms with Crippen LogP contribution in [-0.2, 0) is 0 Å². The minimum Gasteiger partial charge on any atom is -0.497 e. The molecule has 3 N–H and O–H groups in total. The quantitative estimate of drug-likeness (QED) is 0.711. The van der Waals surface area contributed by atoms with E-state index in [-0.39, 0.29) is 5.91 Å². The fraction of sp³-hybridized carbons (Fsp3) is 0.0714. The summed E-state index contributed by atoms with van der Waals surface area (Å²) in [4.78, 5) is 16.3. The topological polar surface area (TPSA) is 94.5 Å². The molecule has 0 bridgehead atoms. The molecule has 0 saturated carbocycles. The van der Waals surface area contributed by atoms with Crippen LogP contribution >= 0.6 is 0 Å². The van der Waals surface area contributed by atoms with Crippen LogP contribution in [0.5, 0.6) is 5.75 Å². The summed E-state index contributed by atoms with van der Waals surface area (Å²) in [5, 5.41) is 6.85. The molecule has 1 aromatic carbocycles. The maximum absolute atomic E-state index is 12.3. The number of carbonyl (C=O) groups is 1. The van der Waals surface area contributed by atoms with E-state index >= 15 is 0 Å². The molecule has 0 spiro atoms. The Hall–Kier alpha value is -3.09. The highest BCUT2D eigenvalue weighted by Crippen LogP contribution is 2.24. The van der Waals surface area contributed by atoms with Gasteiger partial charge in [0.15, 0.2) is 0 Å². The number of benzene rings is 1. The van der Waals surface area contributed by atoms with Crippen LogP contribution < -0.4 is 15.8 Å². The van der Waals surface area contributed by atoms with Gasteiger partial charge in [0.25, 0.3) is 5.91 Å². The molecule has 0 atom stereocenters. The van der Waals surface area contributed by atoms with Crippen molar-refractivity contribution in [1.29, 1.82) is 0 Å². The molecule has 7 nitrogen and oxygen atoms in total. The standard InChI is InChI=1S/C14H13N5O2/c1-21-9-2-3-12(11(15)6-9)18-14(20)10-7-17-19-5-4-16-8-13(10)19/h2-8H,15H2,1H3,(H,18,20). The van der Waals surface area contributed by atoms with Crippen molar-refractivity contribution in [1.82, 2.24) is 14.6 Å². The number of ether oxygens (including phenoxy) is 1. The van der Waals surface area contributed by atoms with Crippen LogP contribution in [0, 0.1) is 0 Å². The Morgan fingerprint density at radius 2 is 2.24 bits per heavy atom. The number of methoxy groups -OCH3 is 1. The Balaban J connectivity index is 1.90. The van der Waals surface area contributed by atoms with Gasteiger partial charge in [0.05, 0.1) is 42.0 Å². The molecule has 0 unspecified atom stereocenters. The van der Waals surface area contributed by atoms with Gasteiger partial charge in [0, 0.05) is 18.5 Å². The molecule has 2 heterocycles. The van der Waals surface area contributed by atoms with Gasteiger partial charge in [-0.15, -0.1) is 0 Å². The summed E-state index contributed by atoms with van der Waals surface area (Å²) in [6.07, 6.45) is 6.35. The molecule has 1 amide bonds. The highest BCUT2D eigenvalue weighted by atomic mass is 16.5. The van der Waals surface area contributed by atoms with Gasteiger partial charge in [0.1, 0.15) is 5.75 Å². The lowest BCUT2D eigenvalue weighted by molar-refractivity contribution is 0.102. The average molecular weight is 283 g/mol. The Morgan fingerprint density at radius 1 is 1.38 bits per heavy atom. The predicted octanol–water partition coefficient (Wildman–Crippen LogP) is 1.57. The van der Waals surface area contributed by atoms with E-state index in [1.54, 1.807) is 48.4 Å². The lowest BCUT2D eigenvalue weighted by Crippen LogP contribution is -2.13. The van der Waals surface area contributed by atoms with Crippen LogP contribution in [0.3, 0.4) is 0 Å². The van der Waals surface area contributed by atoms with E-state index in [1.165, 1.54) is 6.20 Å². The minimum absolute atomic E-state index is 0.296. The third kappa shape index (κ3) is 2.36. The summed E-state index contributed by atoms with van der Waals surface area (Å²) >= 11 is 0. The van der Waals surface area contributed by atoms with Crippen molar-refractivity contribution in [2.45, 2.75) is 0 Å². The second-order valence-corrected chi connectivity index (χ2v) is 4.37. The van der Waals surface area contributed by atoms with E-state index in [9.17, 15) is 4.79 Å². The van der Waals surface area contributed by atoms with Crippen molar-refractivity contribution in [3.05, 3.63) is 48.5 Å². The molecule has 3 aromatic rings. The fourth-order valence-corrected chi connectivity index (χ4v) is 1.98. The number of nitrogen functional groups attached to an aromatic ring is 1. The molecule has 2 aromatic heterocycles. The van der Waals surface area contributed by atoms with Gasteiger partial charge in [-0.2, -0.15) is 5.10 Å². The van der Waals surface area contributed by atoms with Crippen molar-refractivity contribution in [2.24, 2.45) is 0 Å². The molecule has 7 heteroatoms. The normalized spacial score (nSPS) is 10.5. The first-order valence-electron chi connectivity index (χ1n) is 6.21. The number of fused-ring (bicyclic) bond motifs is 1. The Bertz CT molecular complexity index is 812. The van der Waals surface area contributed by atoms with Crippen molar-refractivity contribution in [3.8, 4) is 5.75 Å². The number of aromatic nitrogens is 3. The number of nitrogens with one attached hydrogen (secondary N) is 1. The van der Waals surface area contributed by atoms with Crippen molar-refractivity contribution in [2.75, 3.05) is 18.2 Å². The maximum Gasteiger partial charge on any atom is 0.259 e. The SMILES string of the molecule is COc1ccc(NC(=O)c2cnn3ccncc23)c(N)c1. The molecular formula is C14H13N5O2. The molecule has 0 fully saturated rings. The van der Waals surface area contributed by atoms with E-state index in [4.69, 9.17) is 10.5 Å². The van der Waals surface area contributed by atoms with Gasteiger partial charge in [-0.1, -0.05) is 0 Å². The third-order valence-corrected chi connectivity index (χ3v) is 3.08. The summed E-state index contributed by atoms with van der Waals surface area (Å²) < 4.78 is 6.65. The first-order valence-corrected chi connectivity index (χ1v) is 6.21. The number of nitrogens with zero attached hydrogens (tertiary/aromatic N) is 3. The van der Waals surface area contributed by atoms with Crippen LogP contribution in [-0.4, -0.2) is 27.6 Å². The second-order valence-electron chi connectivity index (χ2n) is 4.37. The number of hydrogen-bond donors (Lipinski definition) is 2. The first-order chi connectivity index (χ1) is 10.2.